The Morgan fingerprint density at radius 1 is 0.905 bits per heavy atom. The van der Waals surface area contributed by atoms with Gasteiger partial charge in [0, 0.05) is 16.8 Å². The largest absolute Gasteiger partial charge is 0.342 e. The quantitative estimate of drug-likeness (QED) is 0.512. The van der Waals surface area contributed by atoms with Crippen LogP contribution in [-0.2, 0) is 17.9 Å². The summed E-state index contributed by atoms with van der Waals surface area (Å²) in [6, 6.07) is 4.80. The van der Waals surface area contributed by atoms with Crippen LogP contribution >= 0.6 is 22.7 Å². The molecule has 3 aromatic heterocycles. The highest BCUT2D eigenvalue weighted by Crippen LogP contribution is 2.45. The Kier molecular flexibility index (Phi) is 3.31. The SMILES string of the molecule is CCC(C)(C)c1cc2c(s1)c1sc(C(C)(C)C)cc1n2C. The third-order valence-corrected chi connectivity index (χ3v) is 7.85. The molecular formula is C18H25NS2. The molecular weight excluding hydrogens is 294 g/mol. The fourth-order valence-electron chi connectivity index (χ4n) is 2.59. The summed E-state index contributed by atoms with van der Waals surface area (Å²) in [7, 11) is 2.21. The molecule has 0 saturated heterocycles. The van der Waals surface area contributed by atoms with Crippen LogP contribution in [0.15, 0.2) is 12.1 Å². The van der Waals surface area contributed by atoms with Gasteiger partial charge in [-0.1, -0.05) is 41.5 Å². The third-order valence-electron chi connectivity index (χ3n) is 4.64. The molecule has 0 bridgehead atoms. The molecule has 0 aromatic carbocycles. The smallest absolute Gasteiger partial charge is 0.0703 e. The summed E-state index contributed by atoms with van der Waals surface area (Å²) < 4.78 is 5.33. The van der Waals surface area contributed by atoms with Gasteiger partial charge < -0.3 is 4.57 Å². The lowest BCUT2D eigenvalue weighted by Gasteiger charge is -2.20. The van der Waals surface area contributed by atoms with Gasteiger partial charge in [-0.3, -0.25) is 0 Å². The maximum atomic E-state index is 2.41. The second-order valence-corrected chi connectivity index (χ2v) is 9.80. The Balaban J connectivity index is 2.27. The molecule has 0 unspecified atom stereocenters. The summed E-state index contributed by atoms with van der Waals surface area (Å²) in [5.41, 5.74) is 3.31. The summed E-state index contributed by atoms with van der Waals surface area (Å²) in [6.07, 6.45) is 1.18. The van der Waals surface area contributed by atoms with Crippen molar-refractivity contribution < 1.29 is 0 Å². The van der Waals surface area contributed by atoms with Crippen LogP contribution < -0.4 is 0 Å². The van der Waals surface area contributed by atoms with Crippen molar-refractivity contribution in [3.8, 4) is 0 Å². The summed E-state index contributed by atoms with van der Waals surface area (Å²) in [6.45, 7) is 13.9. The number of nitrogens with zero attached hydrogens (tertiary/aromatic N) is 1. The van der Waals surface area contributed by atoms with E-state index in [0.29, 0.717) is 0 Å². The van der Waals surface area contributed by atoms with Gasteiger partial charge in [-0.25, -0.2) is 0 Å². The van der Waals surface area contributed by atoms with E-state index < -0.39 is 0 Å². The van der Waals surface area contributed by atoms with Gasteiger partial charge >= 0.3 is 0 Å². The standard InChI is InChI=1S/C18H25NS2/c1-8-18(5,6)14-10-12-16(21-14)15-11(19(12)7)9-13(20-15)17(2,3)4/h9-10H,8H2,1-7H3. The van der Waals surface area contributed by atoms with Gasteiger partial charge in [0.15, 0.2) is 0 Å². The monoisotopic (exact) mass is 319 g/mol. The van der Waals surface area contributed by atoms with Crippen molar-refractivity contribution >= 4 is 43.1 Å². The van der Waals surface area contributed by atoms with Crippen LogP contribution in [0, 0.1) is 0 Å². The molecule has 1 nitrogen and oxygen atoms in total. The van der Waals surface area contributed by atoms with Gasteiger partial charge in [0.1, 0.15) is 0 Å². The number of hydrogen-bond donors (Lipinski definition) is 0. The summed E-state index contributed by atoms with van der Waals surface area (Å²) in [4.78, 5) is 2.99. The van der Waals surface area contributed by atoms with Crippen LogP contribution in [0.2, 0.25) is 0 Å². The van der Waals surface area contributed by atoms with Crippen molar-refractivity contribution in [2.75, 3.05) is 0 Å². The number of fused-ring (bicyclic) bond motifs is 3. The molecule has 21 heavy (non-hydrogen) atoms. The molecule has 0 aliphatic rings. The minimum atomic E-state index is 0.235. The average molecular weight is 320 g/mol. The Bertz CT molecular complexity index is 806. The van der Waals surface area contributed by atoms with E-state index in [4.69, 9.17) is 0 Å². The van der Waals surface area contributed by atoms with E-state index in [1.807, 2.05) is 22.7 Å². The molecule has 0 aliphatic heterocycles. The number of rotatable bonds is 2. The average Bonchev–Trinajstić information content (AvgIpc) is 3.04. The Hall–Kier alpha value is -0.800. The highest BCUT2D eigenvalue weighted by Gasteiger charge is 2.25. The molecule has 0 N–H and O–H groups in total. The van der Waals surface area contributed by atoms with Crippen LogP contribution in [0.1, 0.15) is 57.7 Å². The van der Waals surface area contributed by atoms with Crippen LogP contribution in [0.3, 0.4) is 0 Å². The minimum Gasteiger partial charge on any atom is -0.342 e. The number of aromatic nitrogens is 1. The van der Waals surface area contributed by atoms with Crippen molar-refractivity contribution in [2.45, 2.75) is 58.8 Å². The van der Waals surface area contributed by atoms with Gasteiger partial charge in [0.25, 0.3) is 0 Å². The van der Waals surface area contributed by atoms with Gasteiger partial charge in [0.05, 0.1) is 20.4 Å². The molecule has 3 heterocycles. The molecule has 0 amide bonds. The zero-order chi connectivity index (χ0) is 15.6. The van der Waals surface area contributed by atoms with E-state index in [0.717, 1.165) is 0 Å². The summed E-state index contributed by atoms with van der Waals surface area (Å²) in [5.74, 6) is 0. The zero-order valence-corrected chi connectivity index (χ0v) is 15.8. The Morgan fingerprint density at radius 2 is 1.38 bits per heavy atom. The second kappa shape index (κ2) is 4.60. The van der Waals surface area contributed by atoms with Crippen molar-refractivity contribution in [2.24, 2.45) is 7.05 Å². The van der Waals surface area contributed by atoms with Crippen molar-refractivity contribution in [3.63, 3.8) is 0 Å². The van der Waals surface area contributed by atoms with E-state index in [9.17, 15) is 0 Å². The predicted molar refractivity (Wildman–Crippen MR) is 98.2 cm³/mol. The minimum absolute atomic E-state index is 0.235. The van der Waals surface area contributed by atoms with Gasteiger partial charge in [-0.2, -0.15) is 0 Å². The lowest BCUT2D eigenvalue weighted by molar-refractivity contribution is 0.517. The van der Waals surface area contributed by atoms with Crippen LogP contribution in [0.5, 0.6) is 0 Å². The van der Waals surface area contributed by atoms with E-state index in [-0.39, 0.29) is 10.8 Å². The fourth-order valence-corrected chi connectivity index (χ4v) is 5.35. The first-order valence-electron chi connectivity index (χ1n) is 7.68. The van der Waals surface area contributed by atoms with Gasteiger partial charge in [-0.05, 0) is 29.4 Å². The van der Waals surface area contributed by atoms with Crippen LogP contribution in [0.4, 0.5) is 0 Å². The number of aryl methyl sites for hydroxylation is 1. The molecule has 3 rings (SSSR count). The topological polar surface area (TPSA) is 4.93 Å². The highest BCUT2D eigenvalue weighted by molar-refractivity contribution is 7.27. The first-order valence-corrected chi connectivity index (χ1v) is 9.31. The van der Waals surface area contributed by atoms with E-state index >= 15 is 0 Å². The van der Waals surface area contributed by atoms with Gasteiger partial charge in [-0.15, -0.1) is 22.7 Å². The zero-order valence-electron chi connectivity index (χ0n) is 14.1. The Morgan fingerprint density at radius 3 is 1.86 bits per heavy atom. The first-order chi connectivity index (χ1) is 9.65. The summed E-state index contributed by atoms with van der Waals surface area (Å²) >= 11 is 3.97. The summed E-state index contributed by atoms with van der Waals surface area (Å²) in [5, 5.41) is 0. The molecule has 0 radical (unpaired) electrons. The molecule has 0 aliphatic carbocycles. The molecule has 3 aromatic rings. The van der Waals surface area contributed by atoms with E-state index in [1.54, 1.807) is 0 Å². The first kappa shape index (κ1) is 15.1. The van der Waals surface area contributed by atoms with Crippen LogP contribution in [0.25, 0.3) is 20.4 Å². The van der Waals surface area contributed by atoms with Crippen molar-refractivity contribution in [3.05, 3.63) is 21.9 Å². The van der Waals surface area contributed by atoms with Gasteiger partial charge in [0.2, 0.25) is 0 Å². The Labute approximate surface area is 135 Å². The number of thiophene rings is 2. The molecule has 0 atom stereocenters. The van der Waals surface area contributed by atoms with E-state index in [1.165, 1.54) is 36.6 Å². The van der Waals surface area contributed by atoms with E-state index in [2.05, 4.69) is 65.3 Å². The van der Waals surface area contributed by atoms with Crippen molar-refractivity contribution in [1.82, 2.24) is 4.57 Å². The number of hydrogen-bond acceptors (Lipinski definition) is 2. The lowest BCUT2D eigenvalue weighted by atomic mass is 9.88. The fraction of sp³-hybridized carbons (Fsp3) is 0.556. The predicted octanol–water partition coefficient (Wildman–Crippen LogP) is 6.44. The molecule has 0 saturated carbocycles. The maximum Gasteiger partial charge on any atom is 0.0703 e. The van der Waals surface area contributed by atoms with Crippen LogP contribution in [-0.4, -0.2) is 4.57 Å². The van der Waals surface area contributed by atoms with Crippen molar-refractivity contribution in [1.29, 1.82) is 0 Å². The molecule has 0 fully saturated rings. The third kappa shape index (κ3) is 2.25. The maximum absolute atomic E-state index is 2.41. The molecule has 114 valence electrons. The molecule has 0 spiro atoms. The lowest BCUT2D eigenvalue weighted by Crippen LogP contribution is -2.12. The second-order valence-electron chi connectivity index (χ2n) is 7.70. The highest BCUT2D eigenvalue weighted by atomic mass is 32.1. The normalized spacial score (nSPS) is 13.7. The molecule has 3 heteroatoms.